The minimum atomic E-state index is -0.757. The highest BCUT2D eigenvalue weighted by Gasteiger charge is 2.16. The summed E-state index contributed by atoms with van der Waals surface area (Å²) in [6.45, 7) is 4.55. The summed E-state index contributed by atoms with van der Waals surface area (Å²) in [5, 5.41) is 0. The lowest BCUT2D eigenvalue weighted by molar-refractivity contribution is -0.164. The van der Waals surface area contributed by atoms with Crippen molar-refractivity contribution >= 4 is 17.9 Å². The molecule has 0 spiro atoms. The molecule has 0 aliphatic rings. The first kappa shape index (κ1) is 25.4. The Morgan fingerprint density at radius 1 is 0.667 bits per heavy atom. The lowest BCUT2D eigenvalue weighted by atomic mass is 10.1. The van der Waals surface area contributed by atoms with Crippen molar-refractivity contribution < 1.29 is 28.6 Å². The van der Waals surface area contributed by atoms with Gasteiger partial charge in [0.05, 0.1) is 0 Å². The zero-order chi connectivity index (χ0) is 20.3. The normalized spacial score (nSPS) is 11.7. The van der Waals surface area contributed by atoms with Crippen molar-refractivity contribution in [2.24, 2.45) is 0 Å². The molecule has 0 fully saturated rings. The molecule has 0 heterocycles. The van der Waals surface area contributed by atoms with E-state index in [-0.39, 0.29) is 19.2 Å². The minimum absolute atomic E-state index is 0.0935. The summed E-state index contributed by atoms with van der Waals surface area (Å²) < 4.78 is 14.9. The van der Waals surface area contributed by atoms with Crippen LogP contribution in [0.4, 0.5) is 0 Å². The largest absolute Gasteiger partial charge is 0.462 e. The highest BCUT2D eigenvalue weighted by atomic mass is 16.6. The van der Waals surface area contributed by atoms with E-state index in [1.54, 1.807) is 0 Å². The average Bonchev–Trinajstić information content (AvgIpc) is 2.61. The molecule has 0 aliphatic carbocycles. The Morgan fingerprint density at radius 3 is 1.63 bits per heavy atom. The predicted molar refractivity (Wildman–Crippen MR) is 104 cm³/mol. The second-order valence-corrected chi connectivity index (χ2v) is 7.00. The van der Waals surface area contributed by atoms with E-state index >= 15 is 0 Å². The number of carbonyl (C=O) groups excluding carboxylic acids is 3. The third kappa shape index (κ3) is 19.0. The molecule has 0 amide bonds. The maximum Gasteiger partial charge on any atom is 0.305 e. The summed E-state index contributed by atoms with van der Waals surface area (Å²) in [5.74, 6) is -1.29. The molecule has 0 rings (SSSR count). The second-order valence-electron chi connectivity index (χ2n) is 7.00. The Morgan fingerprint density at radius 2 is 1.15 bits per heavy atom. The summed E-state index contributed by atoms with van der Waals surface area (Å²) in [7, 11) is 0. The van der Waals surface area contributed by atoms with Gasteiger partial charge in [0.15, 0.2) is 6.10 Å². The maximum atomic E-state index is 11.8. The van der Waals surface area contributed by atoms with Gasteiger partial charge in [-0.1, -0.05) is 71.1 Å². The van der Waals surface area contributed by atoms with Gasteiger partial charge in [0, 0.05) is 20.3 Å². The molecule has 0 aromatic heterocycles. The molecule has 6 heteroatoms. The molecule has 0 aromatic carbocycles. The summed E-state index contributed by atoms with van der Waals surface area (Å²) in [6, 6.07) is 0. The number of unbranched alkanes of at least 4 members (excludes halogenated alkanes) is 10. The zero-order valence-corrected chi connectivity index (χ0v) is 17.4. The van der Waals surface area contributed by atoms with E-state index in [4.69, 9.17) is 14.2 Å². The molecule has 158 valence electrons. The molecule has 0 radical (unpaired) electrons. The Kier molecular flexibility index (Phi) is 16.8. The van der Waals surface area contributed by atoms with Gasteiger partial charge in [0.25, 0.3) is 0 Å². The van der Waals surface area contributed by atoms with E-state index < -0.39 is 18.0 Å². The summed E-state index contributed by atoms with van der Waals surface area (Å²) >= 11 is 0. The van der Waals surface area contributed by atoms with Crippen LogP contribution in [0.2, 0.25) is 0 Å². The minimum Gasteiger partial charge on any atom is -0.462 e. The van der Waals surface area contributed by atoms with Crippen molar-refractivity contribution in [2.45, 2.75) is 104 Å². The van der Waals surface area contributed by atoms with Gasteiger partial charge < -0.3 is 14.2 Å². The Labute approximate surface area is 164 Å². The number of hydrogen-bond acceptors (Lipinski definition) is 6. The van der Waals surface area contributed by atoms with Gasteiger partial charge in [-0.05, 0) is 6.42 Å². The summed E-state index contributed by atoms with van der Waals surface area (Å²) in [4.78, 5) is 33.6. The Hall–Kier alpha value is -1.59. The van der Waals surface area contributed by atoms with Crippen LogP contribution in [0.15, 0.2) is 0 Å². The number of ether oxygens (including phenoxy) is 3. The molecule has 0 unspecified atom stereocenters. The van der Waals surface area contributed by atoms with E-state index in [0.29, 0.717) is 6.42 Å². The van der Waals surface area contributed by atoms with E-state index in [0.717, 1.165) is 19.3 Å². The fourth-order valence-electron chi connectivity index (χ4n) is 2.75. The van der Waals surface area contributed by atoms with Crippen molar-refractivity contribution in [2.75, 3.05) is 13.2 Å². The number of carbonyl (C=O) groups is 3. The molecule has 6 nitrogen and oxygen atoms in total. The van der Waals surface area contributed by atoms with Gasteiger partial charge >= 0.3 is 17.9 Å². The van der Waals surface area contributed by atoms with Gasteiger partial charge in [-0.25, -0.2) is 0 Å². The topological polar surface area (TPSA) is 78.9 Å². The van der Waals surface area contributed by atoms with E-state index in [9.17, 15) is 14.4 Å². The Balaban J connectivity index is 3.62. The molecule has 0 aromatic rings. The third-order valence-corrected chi connectivity index (χ3v) is 4.22. The van der Waals surface area contributed by atoms with Gasteiger partial charge in [0.1, 0.15) is 13.2 Å². The van der Waals surface area contributed by atoms with Crippen LogP contribution in [0, 0.1) is 0 Å². The second kappa shape index (κ2) is 17.8. The molecule has 0 bridgehead atoms. The molecule has 27 heavy (non-hydrogen) atoms. The Bertz CT molecular complexity index is 407. The quantitative estimate of drug-likeness (QED) is 0.204. The van der Waals surface area contributed by atoms with Crippen molar-refractivity contribution in [1.29, 1.82) is 0 Å². The molecular formula is C21H38O6. The van der Waals surface area contributed by atoms with Gasteiger partial charge in [-0.2, -0.15) is 0 Å². The van der Waals surface area contributed by atoms with Gasteiger partial charge in [0.2, 0.25) is 0 Å². The van der Waals surface area contributed by atoms with Crippen molar-refractivity contribution in [3.05, 3.63) is 0 Å². The average molecular weight is 387 g/mol. The van der Waals surface area contributed by atoms with Crippen LogP contribution in [0.25, 0.3) is 0 Å². The predicted octanol–water partition coefficient (Wildman–Crippen LogP) is 4.73. The molecule has 0 saturated heterocycles. The highest BCUT2D eigenvalue weighted by molar-refractivity contribution is 5.69. The smallest absolute Gasteiger partial charge is 0.305 e. The van der Waals surface area contributed by atoms with Crippen LogP contribution in [0.1, 0.15) is 97.8 Å². The molecule has 0 saturated carbocycles. The number of hydrogen-bond donors (Lipinski definition) is 0. The van der Waals surface area contributed by atoms with Gasteiger partial charge in [-0.3, -0.25) is 14.4 Å². The van der Waals surface area contributed by atoms with Crippen LogP contribution in [0.3, 0.4) is 0 Å². The zero-order valence-electron chi connectivity index (χ0n) is 17.4. The summed E-state index contributed by atoms with van der Waals surface area (Å²) in [5.41, 5.74) is 0. The van der Waals surface area contributed by atoms with E-state index in [2.05, 4.69) is 6.92 Å². The monoisotopic (exact) mass is 386 g/mol. The third-order valence-electron chi connectivity index (χ3n) is 4.22. The van der Waals surface area contributed by atoms with Crippen molar-refractivity contribution in [1.82, 2.24) is 0 Å². The first-order chi connectivity index (χ1) is 13.0. The fraction of sp³-hybridized carbons (Fsp3) is 0.857. The van der Waals surface area contributed by atoms with Crippen LogP contribution in [-0.2, 0) is 28.6 Å². The standard InChI is InChI=1S/C21H38O6/c1-4-5-6-7-8-9-10-11-12-13-14-15-21(24)26-17-20(27-19(3)23)16-25-18(2)22/h20H,4-17H2,1-3H3/t20-/m1/s1. The molecule has 0 aliphatic heterocycles. The van der Waals surface area contributed by atoms with E-state index in [1.165, 1.54) is 65.2 Å². The van der Waals surface area contributed by atoms with Crippen molar-refractivity contribution in [3.63, 3.8) is 0 Å². The summed E-state index contributed by atoms with van der Waals surface area (Å²) in [6.07, 6.45) is 13.1. The van der Waals surface area contributed by atoms with Crippen LogP contribution in [0.5, 0.6) is 0 Å². The lowest BCUT2D eigenvalue weighted by Gasteiger charge is -2.16. The highest BCUT2D eigenvalue weighted by Crippen LogP contribution is 2.12. The molecule has 1 atom stereocenters. The number of esters is 3. The lowest BCUT2D eigenvalue weighted by Crippen LogP contribution is -2.29. The van der Waals surface area contributed by atoms with Gasteiger partial charge in [-0.15, -0.1) is 0 Å². The van der Waals surface area contributed by atoms with Crippen molar-refractivity contribution in [3.8, 4) is 0 Å². The SMILES string of the molecule is CCCCCCCCCCCCCC(=O)OC[C@@H](COC(C)=O)OC(C)=O. The molecule has 0 N–H and O–H groups in total. The van der Waals surface area contributed by atoms with Crippen LogP contribution in [-0.4, -0.2) is 37.2 Å². The first-order valence-electron chi connectivity index (χ1n) is 10.4. The first-order valence-corrected chi connectivity index (χ1v) is 10.4. The van der Waals surface area contributed by atoms with Crippen LogP contribution >= 0.6 is 0 Å². The number of rotatable bonds is 17. The fourth-order valence-corrected chi connectivity index (χ4v) is 2.75. The van der Waals surface area contributed by atoms with Crippen LogP contribution < -0.4 is 0 Å². The van der Waals surface area contributed by atoms with E-state index in [1.807, 2.05) is 0 Å². The maximum absolute atomic E-state index is 11.8. The molecular weight excluding hydrogens is 348 g/mol.